The van der Waals surface area contributed by atoms with Gasteiger partial charge >= 0.3 is 16.9 Å². The van der Waals surface area contributed by atoms with Gasteiger partial charge < -0.3 is 29.0 Å². The van der Waals surface area contributed by atoms with E-state index >= 15 is 4.39 Å². The summed E-state index contributed by atoms with van der Waals surface area (Å²) in [6.07, 6.45) is -7.08. The first-order chi connectivity index (χ1) is 28.2. The quantitative estimate of drug-likeness (QED) is 0.0760. The number of carbonyl (C=O) groups excluding carboxylic acids is 2. The lowest BCUT2D eigenvalue weighted by molar-refractivity contribution is -0.250. The smallest absolute Gasteiger partial charge is 0.358 e. The summed E-state index contributed by atoms with van der Waals surface area (Å²) in [5.41, 5.74) is 0.466. The average Bonchev–Trinajstić information content (AvgIpc) is 3.25. The third-order valence-electron chi connectivity index (χ3n) is 9.45. The Labute approximate surface area is 339 Å². The van der Waals surface area contributed by atoms with Gasteiger partial charge in [-0.1, -0.05) is 127 Å². The predicted octanol–water partition coefficient (Wildman–Crippen LogP) is 7.42. The van der Waals surface area contributed by atoms with Gasteiger partial charge in [0.1, 0.15) is 23.3 Å². The molecule has 58 heavy (non-hydrogen) atoms. The van der Waals surface area contributed by atoms with Crippen LogP contribution in [0.5, 0.6) is 5.75 Å². The Balaban J connectivity index is 1.28. The van der Waals surface area contributed by atoms with E-state index < -0.39 is 59.1 Å². The number of nitrogens with zero attached hydrogens (tertiary/aromatic N) is 2. The summed E-state index contributed by atoms with van der Waals surface area (Å²) < 4.78 is 49.1. The van der Waals surface area contributed by atoms with E-state index in [1.807, 2.05) is 91.0 Å². The zero-order chi connectivity index (χ0) is 40.5. The van der Waals surface area contributed by atoms with Gasteiger partial charge in [0.25, 0.3) is 5.91 Å². The van der Waals surface area contributed by atoms with Gasteiger partial charge in [0.2, 0.25) is 0 Å². The van der Waals surface area contributed by atoms with Crippen molar-refractivity contribution in [1.82, 2.24) is 9.55 Å². The Morgan fingerprint density at radius 2 is 1.28 bits per heavy atom. The molecule has 6 aromatic rings. The minimum atomic E-state index is -2.16. The lowest BCUT2D eigenvalue weighted by Gasteiger charge is -2.44. The molecule has 0 spiro atoms. The fourth-order valence-corrected chi connectivity index (χ4v) is 7.05. The summed E-state index contributed by atoms with van der Waals surface area (Å²) in [6.45, 7) is 0.767. The van der Waals surface area contributed by atoms with Crippen molar-refractivity contribution in [3.05, 3.63) is 197 Å². The second-order valence-corrected chi connectivity index (χ2v) is 13.6. The van der Waals surface area contributed by atoms with Crippen molar-refractivity contribution >= 4 is 35.1 Å². The van der Waals surface area contributed by atoms with Gasteiger partial charge in [-0.3, -0.25) is 14.2 Å². The van der Waals surface area contributed by atoms with Crippen LogP contribution in [0.25, 0.3) is 0 Å². The molecule has 1 amide bonds. The molecule has 1 aromatic heterocycles. The number of carbonyl (C=O) groups is 2. The van der Waals surface area contributed by atoms with E-state index in [9.17, 15) is 14.4 Å². The summed E-state index contributed by atoms with van der Waals surface area (Å²) in [5, 5.41) is 2.16. The Kier molecular flexibility index (Phi) is 12.4. The van der Waals surface area contributed by atoms with Crippen LogP contribution in [-0.2, 0) is 29.3 Å². The normalized spacial score (nSPS) is 19.0. The molecule has 11 nitrogen and oxygen atoms in total. The van der Waals surface area contributed by atoms with Crippen molar-refractivity contribution in [2.45, 2.75) is 43.2 Å². The van der Waals surface area contributed by atoms with Crippen LogP contribution in [0.2, 0.25) is 0 Å². The van der Waals surface area contributed by atoms with Gasteiger partial charge in [0, 0.05) is 30.9 Å². The number of benzene rings is 5. The molecule has 1 N–H and O–H groups in total. The van der Waals surface area contributed by atoms with E-state index in [1.54, 1.807) is 60.7 Å². The third kappa shape index (κ3) is 8.87. The first kappa shape index (κ1) is 39.7. The molecular weight excluding hydrogens is 762 g/mol. The third-order valence-corrected chi connectivity index (χ3v) is 9.63. The van der Waals surface area contributed by atoms with Crippen molar-refractivity contribution in [2.24, 2.45) is 0 Å². The van der Waals surface area contributed by atoms with Crippen molar-refractivity contribution in [1.29, 1.82) is 0 Å². The van der Waals surface area contributed by atoms with E-state index in [4.69, 9.17) is 35.9 Å². The summed E-state index contributed by atoms with van der Waals surface area (Å²) >= 11 is 5.45. The molecule has 5 aromatic carbocycles. The Hall–Kier alpha value is -6.54. The average molecular weight is 800 g/mol. The number of ether oxygens (including phenoxy) is 5. The fraction of sp³-hybridized carbons (Fsp3) is 0.178. The SMILES string of the molecule is CC(=O)O[C@@H]1[C@@H](F)[C@H](OC(=S)Oc2ccccc2)[C@@H](COC(c2ccccc2)(c2ccccc2)c2ccccc2)O[C@H]1n1ccc(NC(=O)c2ccccc2)nc1=O. The molecular formula is C45H38FN3O8S. The minimum Gasteiger partial charge on any atom is -0.454 e. The van der Waals surface area contributed by atoms with Gasteiger partial charge in [-0.25, -0.2) is 9.18 Å². The number of para-hydroxylation sites is 1. The molecule has 1 aliphatic rings. The van der Waals surface area contributed by atoms with Crippen LogP contribution < -0.4 is 15.7 Å². The highest BCUT2D eigenvalue weighted by atomic mass is 32.1. The number of nitrogens with one attached hydrogen (secondary N) is 1. The lowest BCUT2D eigenvalue weighted by Crippen LogP contribution is -2.59. The summed E-state index contributed by atoms with van der Waals surface area (Å²) in [5.74, 6) is -1.06. The van der Waals surface area contributed by atoms with Gasteiger partial charge in [0.15, 0.2) is 24.6 Å². The lowest BCUT2D eigenvalue weighted by atomic mass is 9.80. The largest absolute Gasteiger partial charge is 0.454 e. The standard InChI is InChI=1S/C45H38FN3O8S/c1-30(50)54-40-38(46)39(57-44(58)55-35-25-15-6-16-26-35)36(56-42(40)49-28-27-37(48-43(49)52)47-41(51)31-17-7-2-8-18-31)29-53-45(32-19-9-3-10-20-32,33-21-11-4-12-22-33)34-23-13-5-14-24-34/h2-28,36,38-40,42H,29H2,1H3,(H,47,48,51,52)/t36-,38+,39-,40-,42-/m1/s1. The Morgan fingerprint density at radius 1 is 0.759 bits per heavy atom. The van der Waals surface area contributed by atoms with Crippen LogP contribution in [0.1, 0.15) is 40.2 Å². The number of halogens is 1. The zero-order valence-corrected chi connectivity index (χ0v) is 31.9. The van der Waals surface area contributed by atoms with Crippen LogP contribution >= 0.6 is 12.2 Å². The topological polar surface area (TPSA) is 127 Å². The van der Waals surface area contributed by atoms with Crippen molar-refractivity contribution in [3.63, 3.8) is 0 Å². The van der Waals surface area contributed by atoms with Crippen LogP contribution in [0.3, 0.4) is 0 Å². The van der Waals surface area contributed by atoms with Gasteiger partial charge in [-0.15, -0.1) is 0 Å². The molecule has 294 valence electrons. The highest BCUT2D eigenvalue weighted by Crippen LogP contribution is 2.42. The predicted molar refractivity (Wildman–Crippen MR) is 217 cm³/mol. The molecule has 0 saturated carbocycles. The number of hydrogen-bond acceptors (Lipinski definition) is 10. The highest BCUT2D eigenvalue weighted by molar-refractivity contribution is 7.79. The Morgan fingerprint density at radius 3 is 1.79 bits per heavy atom. The molecule has 1 aliphatic heterocycles. The summed E-state index contributed by atoms with van der Waals surface area (Å²) in [6, 6.07) is 46.9. The molecule has 7 rings (SSSR count). The molecule has 1 fully saturated rings. The molecule has 5 atom stereocenters. The maximum Gasteiger partial charge on any atom is 0.358 e. The van der Waals surface area contributed by atoms with E-state index in [-0.39, 0.29) is 12.4 Å². The summed E-state index contributed by atoms with van der Waals surface area (Å²) in [4.78, 5) is 43.0. The first-order valence-corrected chi connectivity index (χ1v) is 18.8. The van der Waals surface area contributed by atoms with Gasteiger partial charge in [-0.05, 0) is 47.0 Å². The van der Waals surface area contributed by atoms with E-state index in [2.05, 4.69) is 10.3 Å². The summed E-state index contributed by atoms with van der Waals surface area (Å²) in [7, 11) is 0. The van der Waals surface area contributed by atoms with Crippen molar-refractivity contribution in [2.75, 3.05) is 11.9 Å². The van der Waals surface area contributed by atoms with Crippen LogP contribution in [0.15, 0.2) is 169 Å². The van der Waals surface area contributed by atoms with Crippen LogP contribution in [0, 0.1) is 0 Å². The molecule has 2 heterocycles. The second kappa shape index (κ2) is 18.2. The maximum absolute atomic E-state index is 17.3. The zero-order valence-electron chi connectivity index (χ0n) is 31.1. The maximum atomic E-state index is 17.3. The number of rotatable bonds is 12. The van der Waals surface area contributed by atoms with Crippen LogP contribution in [-0.4, -0.2) is 57.8 Å². The number of thiocarbonyl (C=S) groups is 1. The van der Waals surface area contributed by atoms with Gasteiger partial charge in [-0.2, -0.15) is 4.98 Å². The number of amides is 1. The molecule has 0 unspecified atom stereocenters. The molecule has 13 heteroatoms. The van der Waals surface area contributed by atoms with E-state index in [0.29, 0.717) is 11.3 Å². The van der Waals surface area contributed by atoms with E-state index in [0.717, 1.165) is 28.2 Å². The number of alkyl halides is 1. The molecule has 1 saturated heterocycles. The Bertz CT molecular complexity index is 2280. The number of anilines is 1. The number of hydrogen-bond donors (Lipinski definition) is 1. The minimum absolute atomic E-state index is 0.0605. The van der Waals surface area contributed by atoms with Crippen LogP contribution in [0.4, 0.5) is 10.2 Å². The van der Waals surface area contributed by atoms with Crippen molar-refractivity contribution < 1.29 is 37.7 Å². The molecule has 0 aliphatic carbocycles. The monoisotopic (exact) mass is 799 g/mol. The van der Waals surface area contributed by atoms with E-state index in [1.165, 1.54) is 12.3 Å². The van der Waals surface area contributed by atoms with Crippen molar-refractivity contribution in [3.8, 4) is 5.75 Å². The highest BCUT2D eigenvalue weighted by Gasteiger charge is 2.52. The first-order valence-electron chi connectivity index (χ1n) is 18.4. The molecule has 0 radical (unpaired) electrons. The van der Waals surface area contributed by atoms with Gasteiger partial charge in [0.05, 0.1) is 6.61 Å². The fourth-order valence-electron chi connectivity index (χ4n) is 6.85. The number of aromatic nitrogens is 2. The second-order valence-electron chi connectivity index (χ2n) is 13.2. The molecule has 0 bridgehead atoms. The number of esters is 1.